The van der Waals surface area contributed by atoms with Crippen molar-refractivity contribution in [3.63, 3.8) is 0 Å². The minimum atomic E-state index is 0.0212. The molecule has 4 nitrogen and oxygen atoms in total. The van der Waals surface area contributed by atoms with E-state index in [9.17, 15) is 0 Å². The second-order valence-corrected chi connectivity index (χ2v) is 3.76. The zero-order chi connectivity index (χ0) is 11.3. The van der Waals surface area contributed by atoms with Crippen LogP contribution in [0, 0.1) is 6.92 Å². The standard InChI is InChI=1S/C11H18N2O2/c1-9-6-10(8-14)7-11(12-9)15-5-4-13(2)3/h6-7,14H,4-5,8H2,1-3H3. The third-order valence-electron chi connectivity index (χ3n) is 1.96. The molecule has 0 fully saturated rings. The highest BCUT2D eigenvalue weighted by molar-refractivity contribution is 5.23. The van der Waals surface area contributed by atoms with Gasteiger partial charge in [0, 0.05) is 18.3 Å². The van der Waals surface area contributed by atoms with Crippen LogP contribution in [0.4, 0.5) is 0 Å². The first-order chi connectivity index (χ1) is 7.11. The highest BCUT2D eigenvalue weighted by Crippen LogP contribution is 2.12. The molecular formula is C11H18N2O2. The Morgan fingerprint density at radius 3 is 2.73 bits per heavy atom. The van der Waals surface area contributed by atoms with E-state index >= 15 is 0 Å². The van der Waals surface area contributed by atoms with Gasteiger partial charge in [-0.3, -0.25) is 0 Å². The maximum absolute atomic E-state index is 9.01. The van der Waals surface area contributed by atoms with Gasteiger partial charge in [-0.2, -0.15) is 0 Å². The highest BCUT2D eigenvalue weighted by Gasteiger charge is 2.00. The lowest BCUT2D eigenvalue weighted by Crippen LogP contribution is -2.19. The molecule has 1 rings (SSSR count). The van der Waals surface area contributed by atoms with Gasteiger partial charge in [-0.05, 0) is 32.6 Å². The van der Waals surface area contributed by atoms with E-state index in [1.54, 1.807) is 6.07 Å². The maximum atomic E-state index is 9.01. The predicted molar refractivity (Wildman–Crippen MR) is 58.9 cm³/mol. The molecule has 1 heterocycles. The Labute approximate surface area is 90.5 Å². The average Bonchev–Trinajstić information content (AvgIpc) is 2.16. The van der Waals surface area contributed by atoms with Crippen LogP contribution in [0.25, 0.3) is 0 Å². The van der Waals surface area contributed by atoms with Crippen LogP contribution in [0.5, 0.6) is 5.88 Å². The van der Waals surface area contributed by atoms with Crippen molar-refractivity contribution in [1.82, 2.24) is 9.88 Å². The van der Waals surface area contributed by atoms with Crippen molar-refractivity contribution < 1.29 is 9.84 Å². The Kier molecular flexibility index (Phi) is 4.52. The van der Waals surface area contributed by atoms with Gasteiger partial charge in [0.25, 0.3) is 0 Å². The van der Waals surface area contributed by atoms with Gasteiger partial charge in [-0.25, -0.2) is 4.98 Å². The summed E-state index contributed by atoms with van der Waals surface area (Å²) >= 11 is 0. The summed E-state index contributed by atoms with van der Waals surface area (Å²) in [5.74, 6) is 0.584. The number of nitrogens with zero attached hydrogens (tertiary/aromatic N) is 2. The molecule has 0 spiro atoms. The van der Waals surface area contributed by atoms with Gasteiger partial charge in [0.15, 0.2) is 0 Å². The molecule has 0 bridgehead atoms. The number of aliphatic hydroxyl groups is 1. The second kappa shape index (κ2) is 5.68. The van der Waals surface area contributed by atoms with Crippen LogP contribution in [0.3, 0.4) is 0 Å². The number of hydrogen-bond acceptors (Lipinski definition) is 4. The summed E-state index contributed by atoms with van der Waals surface area (Å²) < 4.78 is 5.48. The fourth-order valence-corrected chi connectivity index (χ4v) is 1.20. The van der Waals surface area contributed by atoms with Gasteiger partial charge in [0.2, 0.25) is 5.88 Å². The molecule has 0 aliphatic heterocycles. The number of likely N-dealkylation sites (N-methyl/N-ethyl adjacent to an activating group) is 1. The molecular weight excluding hydrogens is 192 g/mol. The molecule has 0 saturated carbocycles. The number of hydrogen-bond donors (Lipinski definition) is 1. The topological polar surface area (TPSA) is 45.6 Å². The molecule has 84 valence electrons. The molecule has 1 aromatic rings. The Morgan fingerprint density at radius 1 is 1.40 bits per heavy atom. The van der Waals surface area contributed by atoms with Gasteiger partial charge in [0.1, 0.15) is 6.61 Å². The summed E-state index contributed by atoms with van der Waals surface area (Å²) in [5.41, 5.74) is 1.70. The molecule has 0 aromatic carbocycles. The van der Waals surface area contributed by atoms with Gasteiger partial charge >= 0.3 is 0 Å². The third kappa shape index (κ3) is 4.27. The highest BCUT2D eigenvalue weighted by atomic mass is 16.5. The molecule has 0 amide bonds. The fourth-order valence-electron chi connectivity index (χ4n) is 1.20. The van der Waals surface area contributed by atoms with Crippen LogP contribution in [-0.2, 0) is 6.61 Å². The first-order valence-electron chi connectivity index (χ1n) is 4.98. The average molecular weight is 210 g/mol. The van der Waals surface area contributed by atoms with E-state index < -0.39 is 0 Å². The lowest BCUT2D eigenvalue weighted by molar-refractivity contribution is 0.250. The summed E-state index contributed by atoms with van der Waals surface area (Å²) in [6.45, 7) is 3.36. The van der Waals surface area contributed by atoms with Crippen LogP contribution in [0.2, 0.25) is 0 Å². The summed E-state index contributed by atoms with van der Waals surface area (Å²) in [4.78, 5) is 6.27. The zero-order valence-corrected chi connectivity index (χ0v) is 9.53. The Bertz CT molecular complexity index is 313. The Morgan fingerprint density at radius 2 is 2.13 bits per heavy atom. The van der Waals surface area contributed by atoms with Gasteiger partial charge < -0.3 is 14.7 Å². The van der Waals surface area contributed by atoms with Crippen LogP contribution in [-0.4, -0.2) is 42.2 Å². The van der Waals surface area contributed by atoms with Gasteiger partial charge in [0.05, 0.1) is 6.61 Å². The van der Waals surface area contributed by atoms with E-state index in [0.717, 1.165) is 17.8 Å². The van der Waals surface area contributed by atoms with E-state index in [-0.39, 0.29) is 6.61 Å². The zero-order valence-electron chi connectivity index (χ0n) is 9.53. The Balaban J connectivity index is 2.56. The molecule has 0 saturated heterocycles. The number of aryl methyl sites for hydroxylation is 1. The Hall–Kier alpha value is -1.13. The van der Waals surface area contributed by atoms with Crippen LogP contribution < -0.4 is 4.74 Å². The molecule has 0 aliphatic rings. The first-order valence-corrected chi connectivity index (χ1v) is 4.98. The molecule has 0 aliphatic carbocycles. The van der Waals surface area contributed by atoms with Crippen molar-refractivity contribution >= 4 is 0 Å². The fraction of sp³-hybridized carbons (Fsp3) is 0.545. The normalized spacial score (nSPS) is 10.7. The van der Waals surface area contributed by atoms with Crippen molar-refractivity contribution in [3.05, 3.63) is 23.4 Å². The van der Waals surface area contributed by atoms with E-state index in [4.69, 9.17) is 9.84 Å². The predicted octanol–water partition coefficient (Wildman–Crippen LogP) is 0.823. The van der Waals surface area contributed by atoms with E-state index in [1.807, 2.05) is 32.0 Å². The number of ether oxygens (including phenoxy) is 1. The van der Waals surface area contributed by atoms with E-state index in [2.05, 4.69) is 4.98 Å². The van der Waals surface area contributed by atoms with Gasteiger partial charge in [-0.15, -0.1) is 0 Å². The molecule has 0 atom stereocenters. The van der Waals surface area contributed by atoms with Crippen molar-refractivity contribution in [2.24, 2.45) is 0 Å². The van der Waals surface area contributed by atoms with Crippen molar-refractivity contribution in [3.8, 4) is 5.88 Å². The first kappa shape index (κ1) is 11.9. The number of aliphatic hydroxyl groups excluding tert-OH is 1. The summed E-state index contributed by atoms with van der Waals surface area (Å²) in [6.07, 6.45) is 0. The SMILES string of the molecule is Cc1cc(CO)cc(OCCN(C)C)n1. The second-order valence-electron chi connectivity index (χ2n) is 3.76. The molecule has 4 heteroatoms. The van der Waals surface area contributed by atoms with Crippen molar-refractivity contribution in [2.45, 2.75) is 13.5 Å². The smallest absolute Gasteiger partial charge is 0.213 e. The number of aromatic nitrogens is 1. The van der Waals surface area contributed by atoms with E-state index in [1.165, 1.54) is 0 Å². The minimum Gasteiger partial charge on any atom is -0.476 e. The van der Waals surface area contributed by atoms with Crippen LogP contribution in [0.1, 0.15) is 11.3 Å². The largest absolute Gasteiger partial charge is 0.476 e. The molecule has 0 radical (unpaired) electrons. The lowest BCUT2D eigenvalue weighted by Gasteiger charge is -2.11. The molecule has 0 unspecified atom stereocenters. The van der Waals surface area contributed by atoms with Crippen molar-refractivity contribution in [1.29, 1.82) is 0 Å². The molecule has 15 heavy (non-hydrogen) atoms. The van der Waals surface area contributed by atoms with Crippen molar-refractivity contribution in [2.75, 3.05) is 27.2 Å². The summed E-state index contributed by atoms with van der Waals surface area (Å²) in [6, 6.07) is 3.61. The van der Waals surface area contributed by atoms with E-state index in [0.29, 0.717) is 12.5 Å². The monoisotopic (exact) mass is 210 g/mol. The van der Waals surface area contributed by atoms with Gasteiger partial charge in [-0.1, -0.05) is 0 Å². The third-order valence-corrected chi connectivity index (χ3v) is 1.96. The lowest BCUT2D eigenvalue weighted by atomic mass is 10.2. The quantitative estimate of drug-likeness (QED) is 0.781. The molecule has 1 aromatic heterocycles. The molecule has 1 N–H and O–H groups in total. The number of rotatable bonds is 5. The maximum Gasteiger partial charge on any atom is 0.213 e. The van der Waals surface area contributed by atoms with Crippen LogP contribution >= 0.6 is 0 Å². The summed E-state index contributed by atoms with van der Waals surface area (Å²) in [5, 5.41) is 9.01. The summed E-state index contributed by atoms with van der Waals surface area (Å²) in [7, 11) is 3.98. The minimum absolute atomic E-state index is 0.0212. The van der Waals surface area contributed by atoms with Crippen LogP contribution in [0.15, 0.2) is 12.1 Å². The number of pyridine rings is 1.